The van der Waals surface area contributed by atoms with Crippen LogP contribution in [0.15, 0.2) is 88.2 Å². The van der Waals surface area contributed by atoms with Crippen molar-refractivity contribution < 1.29 is 27.5 Å². The number of carbonyl (C=O) groups is 2. The molecule has 0 aliphatic heterocycles. The van der Waals surface area contributed by atoms with Crippen molar-refractivity contribution in [3.05, 3.63) is 84.6 Å². The van der Waals surface area contributed by atoms with E-state index in [4.69, 9.17) is 4.42 Å². The van der Waals surface area contributed by atoms with Crippen molar-refractivity contribution in [2.75, 3.05) is 5.32 Å². The van der Waals surface area contributed by atoms with Crippen LogP contribution in [-0.4, -0.2) is 31.4 Å². The largest absolute Gasteiger partial charge is 0.480 e. The molecule has 1 heterocycles. The second-order valence-electron chi connectivity index (χ2n) is 8.01. The highest BCUT2D eigenvalue weighted by Gasteiger charge is 2.24. The van der Waals surface area contributed by atoms with Crippen LogP contribution in [0.25, 0.3) is 22.1 Å². The first kappa shape index (κ1) is 24.2. The highest BCUT2D eigenvalue weighted by Crippen LogP contribution is 2.24. The van der Waals surface area contributed by atoms with E-state index in [-0.39, 0.29) is 23.0 Å². The van der Waals surface area contributed by atoms with Gasteiger partial charge < -0.3 is 14.8 Å². The van der Waals surface area contributed by atoms with Crippen LogP contribution >= 0.6 is 0 Å². The number of hydrogen-bond acceptors (Lipinski definition) is 5. The van der Waals surface area contributed by atoms with Gasteiger partial charge in [0.15, 0.2) is 5.76 Å². The number of aliphatic carboxylic acids is 1. The molecule has 180 valence electrons. The number of nitrogens with one attached hydrogen (secondary N) is 2. The molecule has 0 bridgehead atoms. The molecule has 0 saturated carbocycles. The average Bonchev–Trinajstić information content (AvgIpc) is 3.29. The maximum absolute atomic E-state index is 12.6. The van der Waals surface area contributed by atoms with Crippen molar-refractivity contribution in [3.63, 3.8) is 0 Å². The highest BCUT2D eigenvalue weighted by molar-refractivity contribution is 7.89. The maximum Gasteiger partial charge on any atom is 0.321 e. The number of carboxylic acid groups (broad SMARTS) is 1. The Hall–Kier alpha value is -3.95. The van der Waals surface area contributed by atoms with Crippen LogP contribution in [0.3, 0.4) is 0 Å². The summed E-state index contributed by atoms with van der Waals surface area (Å²) in [5.74, 6) is -1.36. The minimum atomic E-state index is -3.97. The van der Waals surface area contributed by atoms with Crippen LogP contribution in [-0.2, 0) is 14.8 Å². The molecular weight excluding hydrogens is 468 g/mol. The van der Waals surface area contributed by atoms with Gasteiger partial charge in [0, 0.05) is 11.1 Å². The van der Waals surface area contributed by atoms with Crippen molar-refractivity contribution in [3.8, 4) is 11.1 Å². The molecule has 0 aliphatic carbocycles. The number of carboxylic acids is 1. The first-order chi connectivity index (χ1) is 16.8. The molecule has 0 radical (unpaired) electrons. The second-order valence-corrected chi connectivity index (χ2v) is 9.72. The predicted molar refractivity (Wildman–Crippen MR) is 133 cm³/mol. The fraction of sp³-hybridized carbons (Fsp3) is 0.154. The quantitative estimate of drug-likeness (QED) is 0.306. The Balaban J connectivity index is 1.44. The summed E-state index contributed by atoms with van der Waals surface area (Å²) in [6, 6.07) is 21.1. The lowest BCUT2D eigenvalue weighted by Gasteiger charge is -2.14. The smallest absolute Gasteiger partial charge is 0.321 e. The summed E-state index contributed by atoms with van der Waals surface area (Å²) in [6.45, 7) is 1.79. The number of para-hydroxylation sites is 1. The van der Waals surface area contributed by atoms with E-state index in [9.17, 15) is 23.1 Å². The fourth-order valence-electron chi connectivity index (χ4n) is 3.64. The Morgan fingerprint density at radius 2 is 1.57 bits per heavy atom. The Morgan fingerprint density at radius 3 is 2.17 bits per heavy atom. The molecule has 35 heavy (non-hydrogen) atoms. The topological polar surface area (TPSA) is 126 Å². The number of amides is 1. The third-order valence-corrected chi connectivity index (χ3v) is 6.95. The van der Waals surface area contributed by atoms with Gasteiger partial charge in [0.1, 0.15) is 11.6 Å². The molecular formula is C26H24N2O6S. The summed E-state index contributed by atoms with van der Waals surface area (Å²) in [5, 5.41) is 12.9. The molecule has 1 atom stereocenters. The normalized spacial score (nSPS) is 12.4. The van der Waals surface area contributed by atoms with Crippen LogP contribution in [0.1, 0.15) is 30.3 Å². The van der Waals surface area contributed by atoms with Crippen LogP contribution in [0, 0.1) is 0 Å². The van der Waals surface area contributed by atoms with Crippen LogP contribution < -0.4 is 10.0 Å². The lowest BCUT2D eigenvalue weighted by molar-refractivity contribution is -0.139. The molecule has 4 aromatic rings. The van der Waals surface area contributed by atoms with Gasteiger partial charge in [0.25, 0.3) is 5.91 Å². The molecule has 1 amide bonds. The number of benzene rings is 3. The zero-order valence-electron chi connectivity index (χ0n) is 18.9. The molecule has 1 aromatic heterocycles. The van der Waals surface area contributed by atoms with Gasteiger partial charge in [0.05, 0.1) is 4.90 Å². The number of hydrogen-bond donors (Lipinski definition) is 3. The van der Waals surface area contributed by atoms with Crippen molar-refractivity contribution in [2.24, 2.45) is 0 Å². The van der Waals surface area contributed by atoms with Gasteiger partial charge in [-0.15, -0.1) is 0 Å². The van der Waals surface area contributed by atoms with Crippen LogP contribution in [0.5, 0.6) is 0 Å². The molecule has 4 rings (SSSR count). The fourth-order valence-corrected chi connectivity index (χ4v) is 4.86. The van der Waals surface area contributed by atoms with E-state index in [0.717, 1.165) is 16.5 Å². The average molecular weight is 493 g/mol. The van der Waals surface area contributed by atoms with Gasteiger partial charge in [0.2, 0.25) is 10.0 Å². The molecule has 3 N–H and O–H groups in total. The van der Waals surface area contributed by atoms with E-state index in [1.165, 1.54) is 12.1 Å². The Kier molecular flexibility index (Phi) is 6.99. The first-order valence-electron chi connectivity index (χ1n) is 11.0. The Morgan fingerprint density at radius 1 is 0.943 bits per heavy atom. The molecule has 0 fully saturated rings. The van der Waals surface area contributed by atoms with Crippen molar-refractivity contribution in [2.45, 2.75) is 30.7 Å². The Bertz CT molecular complexity index is 1430. The van der Waals surface area contributed by atoms with Crippen molar-refractivity contribution >= 4 is 38.6 Å². The molecule has 8 nitrogen and oxygen atoms in total. The van der Waals surface area contributed by atoms with Gasteiger partial charge in [-0.2, -0.15) is 4.72 Å². The highest BCUT2D eigenvalue weighted by atomic mass is 32.2. The number of rotatable bonds is 9. The number of carbonyl (C=O) groups excluding carboxylic acids is 1. The van der Waals surface area contributed by atoms with Crippen molar-refractivity contribution in [1.82, 2.24) is 4.72 Å². The van der Waals surface area contributed by atoms with Gasteiger partial charge in [-0.05, 0) is 53.9 Å². The third-order valence-electron chi connectivity index (χ3n) is 5.46. The molecule has 0 saturated heterocycles. The molecule has 3 aromatic carbocycles. The van der Waals surface area contributed by atoms with E-state index in [0.29, 0.717) is 17.7 Å². The van der Waals surface area contributed by atoms with E-state index in [1.807, 2.05) is 18.2 Å². The summed E-state index contributed by atoms with van der Waals surface area (Å²) in [6.07, 6.45) is 0.735. The van der Waals surface area contributed by atoms with Crippen LogP contribution in [0.2, 0.25) is 0 Å². The van der Waals surface area contributed by atoms with E-state index in [2.05, 4.69) is 10.0 Å². The zero-order valence-corrected chi connectivity index (χ0v) is 19.7. The lowest BCUT2D eigenvalue weighted by Crippen LogP contribution is -2.40. The minimum absolute atomic E-state index is 0.0154. The molecule has 0 spiro atoms. The first-order valence-corrected chi connectivity index (χ1v) is 12.5. The van der Waals surface area contributed by atoms with Gasteiger partial charge in [-0.1, -0.05) is 55.8 Å². The third kappa shape index (κ3) is 5.59. The molecule has 0 aliphatic rings. The predicted octanol–water partition coefficient (Wildman–Crippen LogP) is 4.88. The summed E-state index contributed by atoms with van der Waals surface area (Å²) >= 11 is 0. The number of sulfonamides is 1. The summed E-state index contributed by atoms with van der Waals surface area (Å²) in [4.78, 5) is 23.8. The number of anilines is 1. The van der Waals surface area contributed by atoms with Crippen molar-refractivity contribution in [1.29, 1.82) is 0 Å². The molecule has 9 heteroatoms. The minimum Gasteiger partial charge on any atom is -0.480 e. The maximum atomic E-state index is 12.6. The van der Waals surface area contributed by atoms with Gasteiger partial charge in [-0.25, -0.2) is 8.42 Å². The zero-order chi connectivity index (χ0) is 25.0. The van der Waals surface area contributed by atoms with E-state index < -0.39 is 22.0 Å². The van der Waals surface area contributed by atoms with Gasteiger partial charge >= 0.3 is 5.97 Å². The van der Waals surface area contributed by atoms with Gasteiger partial charge in [-0.3, -0.25) is 9.59 Å². The van der Waals surface area contributed by atoms with E-state index in [1.54, 1.807) is 55.5 Å². The number of fused-ring (bicyclic) bond motifs is 1. The van der Waals surface area contributed by atoms with Crippen LogP contribution in [0.4, 0.5) is 5.69 Å². The summed E-state index contributed by atoms with van der Waals surface area (Å²) in [7, 11) is -3.97. The SMILES string of the molecule is CCCC(NS(=O)(=O)c1ccc(-c2ccc(NC(=O)c3cc4ccccc4o3)cc2)cc1)C(=O)O. The summed E-state index contributed by atoms with van der Waals surface area (Å²) in [5.41, 5.74) is 2.80. The lowest BCUT2D eigenvalue weighted by atomic mass is 10.1. The number of furan rings is 1. The Labute approximate surface area is 202 Å². The molecule has 1 unspecified atom stereocenters. The van der Waals surface area contributed by atoms with E-state index >= 15 is 0 Å². The monoisotopic (exact) mass is 492 g/mol. The standard InChI is InChI=1S/C26H24N2O6S/c1-2-5-22(26(30)31)28-35(32,33)21-14-10-18(11-15-21)17-8-12-20(13-9-17)27-25(29)24-16-19-6-3-4-7-23(19)34-24/h3-4,6-16,22,28H,2,5H2,1H3,(H,27,29)(H,30,31). The second kappa shape index (κ2) is 10.1. The summed E-state index contributed by atoms with van der Waals surface area (Å²) < 4.78 is 33.0.